The van der Waals surface area contributed by atoms with E-state index in [-0.39, 0.29) is 0 Å². The normalized spacial score (nSPS) is 10.3. The van der Waals surface area contributed by atoms with Crippen LogP contribution in [0, 0.1) is 0 Å². The predicted octanol–water partition coefficient (Wildman–Crippen LogP) is 1.10. The summed E-state index contributed by atoms with van der Waals surface area (Å²) >= 11 is 0. The fourth-order valence-corrected chi connectivity index (χ4v) is 0.888. The van der Waals surface area contributed by atoms with Crippen molar-refractivity contribution in [1.82, 2.24) is 4.98 Å². The third-order valence-corrected chi connectivity index (χ3v) is 1.58. The van der Waals surface area contributed by atoms with Crippen LogP contribution >= 0.6 is 0 Å². The highest BCUT2D eigenvalue weighted by atomic mass is 19.3. The van der Waals surface area contributed by atoms with Crippen LogP contribution in [-0.4, -0.2) is 18.1 Å². The van der Waals surface area contributed by atoms with Crippen LogP contribution in [0.25, 0.3) is 0 Å². The molecule has 1 aromatic rings. The first-order valence-corrected chi connectivity index (χ1v) is 3.65. The van der Waals surface area contributed by atoms with Gasteiger partial charge in [0.2, 0.25) is 0 Å². The van der Waals surface area contributed by atoms with Crippen molar-refractivity contribution in [2.75, 3.05) is 7.11 Å². The molecular formula is C8H7F2NO3. The Hall–Kier alpha value is -1.72. The maximum absolute atomic E-state index is 12.2. The van der Waals surface area contributed by atoms with Crippen molar-refractivity contribution in [3.05, 3.63) is 33.7 Å². The van der Waals surface area contributed by atoms with Crippen molar-refractivity contribution in [2.24, 2.45) is 0 Å². The molecule has 4 nitrogen and oxygen atoms in total. The minimum Gasteiger partial charge on any atom is -0.465 e. The van der Waals surface area contributed by atoms with Gasteiger partial charge in [-0.05, 0) is 6.07 Å². The minimum absolute atomic E-state index is 0.426. The number of alkyl halides is 2. The van der Waals surface area contributed by atoms with Crippen LogP contribution < -0.4 is 5.56 Å². The number of hydrogen-bond acceptors (Lipinski definition) is 3. The Balaban J connectivity index is 3.22. The summed E-state index contributed by atoms with van der Waals surface area (Å²) in [6, 6.07) is 0.815. The summed E-state index contributed by atoms with van der Waals surface area (Å²) in [6.45, 7) is 0. The third-order valence-electron chi connectivity index (χ3n) is 1.58. The first kappa shape index (κ1) is 10.4. The summed E-state index contributed by atoms with van der Waals surface area (Å²) in [7, 11) is 1.07. The summed E-state index contributed by atoms with van der Waals surface area (Å²) in [5.41, 5.74) is -1.60. The van der Waals surface area contributed by atoms with Gasteiger partial charge in [0.25, 0.3) is 12.0 Å². The molecule has 0 aliphatic carbocycles. The number of H-pyrrole nitrogens is 1. The van der Waals surface area contributed by atoms with Crippen LogP contribution in [0.3, 0.4) is 0 Å². The summed E-state index contributed by atoms with van der Waals surface area (Å²) in [6.07, 6.45) is -1.88. The number of carbonyl (C=O) groups excluding carboxylic acids is 1. The summed E-state index contributed by atoms with van der Waals surface area (Å²) < 4.78 is 28.6. The van der Waals surface area contributed by atoms with Crippen LogP contribution in [0.15, 0.2) is 17.1 Å². The topological polar surface area (TPSA) is 59.2 Å². The molecule has 0 amide bonds. The molecule has 0 aliphatic heterocycles. The number of esters is 1. The van der Waals surface area contributed by atoms with Crippen molar-refractivity contribution in [3.8, 4) is 0 Å². The zero-order valence-corrected chi connectivity index (χ0v) is 7.21. The van der Waals surface area contributed by atoms with Gasteiger partial charge in [0.05, 0.1) is 7.11 Å². The average Bonchev–Trinajstić information content (AvgIpc) is 2.17. The number of ether oxygens (including phenoxy) is 1. The fourth-order valence-electron chi connectivity index (χ4n) is 0.888. The van der Waals surface area contributed by atoms with Gasteiger partial charge in [-0.25, -0.2) is 13.6 Å². The van der Waals surface area contributed by atoms with Gasteiger partial charge in [0.1, 0.15) is 5.56 Å². The molecule has 76 valence electrons. The molecule has 0 atom stereocenters. The standard InChI is InChI=1S/C8H7F2NO3/c1-14-8(13)5-2-4(6(9)10)3-11-7(5)12/h2-3,6H,1H3,(H,11,12). The highest BCUT2D eigenvalue weighted by Gasteiger charge is 2.15. The Morgan fingerprint density at radius 1 is 1.57 bits per heavy atom. The van der Waals surface area contributed by atoms with Crippen LogP contribution in [0.1, 0.15) is 22.3 Å². The quantitative estimate of drug-likeness (QED) is 0.732. The van der Waals surface area contributed by atoms with Crippen LogP contribution in [0.5, 0.6) is 0 Å². The summed E-state index contributed by atoms with van der Waals surface area (Å²) in [4.78, 5) is 23.9. The molecule has 1 N–H and O–H groups in total. The highest BCUT2D eigenvalue weighted by molar-refractivity contribution is 5.88. The van der Waals surface area contributed by atoms with E-state index in [2.05, 4.69) is 4.74 Å². The van der Waals surface area contributed by atoms with E-state index in [4.69, 9.17) is 0 Å². The van der Waals surface area contributed by atoms with E-state index >= 15 is 0 Å². The lowest BCUT2D eigenvalue weighted by Gasteiger charge is -2.01. The van der Waals surface area contributed by atoms with Crippen LogP contribution in [0.2, 0.25) is 0 Å². The van der Waals surface area contributed by atoms with E-state index in [9.17, 15) is 18.4 Å². The maximum Gasteiger partial charge on any atom is 0.343 e. The molecule has 0 bridgehead atoms. The molecule has 0 aliphatic rings. The molecule has 14 heavy (non-hydrogen) atoms. The SMILES string of the molecule is COC(=O)c1cc(C(F)F)c[nH]c1=O. The number of aromatic nitrogens is 1. The van der Waals surface area contributed by atoms with Crippen LogP contribution in [-0.2, 0) is 4.74 Å². The predicted molar refractivity (Wildman–Crippen MR) is 43.4 cm³/mol. The maximum atomic E-state index is 12.2. The second-order valence-corrected chi connectivity index (χ2v) is 2.47. The van der Waals surface area contributed by atoms with Crippen molar-refractivity contribution in [1.29, 1.82) is 0 Å². The van der Waals surface area contributed by atoms with Gasteiger partial charge >= 0.3 is 5.97 Å². The molecule has 0 aromatic carbocycles. The molecule has 0 spiro atoms. The Labute approximate surface area is 77.5 Å². The molecule has 1 heterocycles. The molecule has 1 aromatic heterocycles. The monoisotopic (exact) mass is 203 g/mol. The van der Waals surface area contributed by atoms with Gasteiger partial charge in [0, 0.05) is 11.8 Å². The second-order valence-electron chi connectivity index (χ2n) is 2.47. The zero-order chi connectivity index (χ0) is 10.7. The van der Waals surface area contributed by atoms with Gasteiger partial charge < -0.3 is 9.72 Å². The molecule has 1 rings (SSSR count). The lowest BCUT2D eigenvalue weighted by Crippen LogP contribution is -2.19. The second kappa shape index (κ2) is 3.99. The van der Waals surface area contributed by atoms with Crippen LogP contribution in [0.4, 0.5) is 8.78 Å². The smallest absolute Gasteiger partial charge is 0.343 e. The number of rotatable bonds is 2. The van der Waals surface area contributed by atoms with E-state index < -0.39 is 29.1 Å². The molecule has 0 fully saturated rings. The number of nitrogens with one attached hydrogen (secondary N) is 1. The molecule has 0 saturated heterocycles. The lowest BCUT2D eigenvalue weighted by atomic mass is 10.2. The Morgan fingerprint density at radius 3 is 2.71 bits per heavy atom. The minimum atomic E-state index is -2.74. The van der Waals surface area contributed by atoms with E-state index in [1.165, 1.54) is 0 Å². The highest BCUT2D eigenvalue weighted by Crippen LogP contribution is 2.17. The largest absolute Gasteiger partial charge is 0.465 e. The van der Waals surface area contributed by atoms with Gasteiger partial charge in [-0.3, -0.25) is 4.79 Å². The molecular weight excluding hydrogens is 196 g/mol. The molecule has 6 heteroatoms. The number of methoxy groups -OCH3 is 1. The molecule has 0 saturated carbocycles. The van der Waals surface area contributed by atoms with Crippen molar-refractivity contribution in [3.63, 3.8) is 0 Å². The number of carbonyl (C=O) groups is 1. The summed E-state index contributed by atoms with van der Waals surface area (Å²) in [5, 5.41) is 0. The van der Waals surface area contributed by atoms with Gasteiger partial charge in [0.15, 0.2) is 0 Å². The van der Waals surface area contributed by atoms with E-state index in [1.54, 1.807) is 0 Å². The van der Waals surface area contributed by atoms with E-state index in [0.29, 0.717) is 0 Å². The van der Waals surface area contributed by atoms with E-state index in [1.807, 2.05) is 4.98 Å². The zero-order valence-electron chi connectivity index (χ0n) is 7.21. The number of pyridine rings is 1. The Kier molecular flexibility index (Phi) is 2.95. The first-order chi connectivity index (χ1) is 6.56. The summed E-state index contributed by atoms with van der Waals surface area (Å²) in [5.74, 6) is -0.936. The van der Waals surface area contributed by atoms with Crippen molar-refractivity contribution >= 4 is 5.97 Å². The third kappa shape index (κ3) is 1.95. The van der Waals surface area contributed by atoms with Gasteiger partial charge in [-0.1, -0.05) is 0 Å². The van der Waals surface area contributed by atoms with Gasteiger partial charge in [-0.2, -0.15) is 0 Å². The molecule has 0 radical (unpaired) electrons. The Morgan fingerprint density at radius 2 is 2.21 bits per heavy atom. The van der Waals surface area contributed by atoms with E-state index in [0.717, 1.165) is 19.4 Å². The lowest BCUT2D eigenvalue weighted by molar-refractivity contribution is 0.0598. The van der Waals surface area contributed by atoms with Crippen molar-refractivity contribution in [2.45, 2.75) is 6.43 Å². The van der Waals surface area contributed by atoms with Gasteiger partial charge in [-0.15, -0.1) is 0 Å². The average molecular weight is 203 g/mol. The molecule has 0 unspecified atom stereocenters. The fraction of sp³-hybridized carbons (Fsp3) is 0.250. The number of halogens is 2. The number of aromatic amines is 1. The first-order valence-electron chi connectivity index (χ1n) is 3.65. The van der Waals surface area contributed by atoms with Crippen molar-refractivity contribution < 1.29 is 18.3 Å². The number of hydrogen-bond donors (Lipinski definition) is 1. The Bertz CT molecular complexity index is 400.